The second-order valence-corrected chi connectivity index (χ2v) is 3.40. The molecule has 0 bridgehead atoms. The number of hydrogen-bond acceptors (Lipinski definition) is 4. The maximum Gasteiger partial charge on any atom is 0.213 e. The molecule has 0 fully saturated rings. The van der Waals surface area contributed by atoms with Gasteiger partial charge >= 0.3 is 0 Å². The minimum Gasteiger partial charge on any atom is -0.481 e. The molecule has 0 radical (unpaired) electrons. The zero-order valence-corrected chi connectivity index (χ0v) is 9.36. The van der Waals surface area contributed by atoms with Gasteiger partial charge in [0.05, 0.1) is 18.5 Å². The second kappa shape index (κ2) is 4.45. The first kappa shape index (κ1) is 10.8. The first-order valence-electron chi connectivity index (χ1n) is 4.65. The summed E-state index contributed by atoms with van der Waals surface area (Å²) in [6.45, 7) is 0. The number of Topliss-reactive ketones (excluding diaryl/α,β-unsaturated/α-hetero) is 1. The molecule has 5 heteroatoms. The highest BCUT2D eigenvalue weighted by Crippen LogP contribution is 2.18. The van der Waals surface area contributed by atoms with Gasteiger partial charge in [-0.25, -0.2) is 4.98 Å². The zero-order chi connectivity index (χ0) is 11.5. The van der Waals surface area contributed by atoms with Crippen molar-refractivity contribution in [3.05, 3.63) is 30.0 Å². The van der Waals surface area contributed by atoms with Crippen LogP contribution in [0.3, 0.4) is 0 Å². The molecular weight excluding hydrogens is 228 g/mol. The fourth-order valence-corrected chi connectivity index (χ4v) is 1.56. The molecule has 0 aliphatic heterocycles. The van der Waals surface area contributed by atoms with Gasteiger partial charge in [-0.15, -0.1) is 11.6 Å². The van der Waals surface area contributed by atoms with Gasteiger partial charge in [0.25, 0.3) is 0 Å². The first-order chi connectivity index (χ1) is 7.76. The SMILES string of the molecule is COc1ccc2nccc(C(=O)CCl)c2n1. The Morgan fingerprint density at radius 1 is 1.44 bits per heavy atom. The molecule has 0 aliphatic rings. The number of carbonyl (C=O) groups is 1. The van der Waals surface area contributed by atoms with Gasteiger partial charge in [-0.05, 0) is 12.1 Å². The number of halogens is 1. The third kappa shape index (κ3) is 1.84. The number of alkyl halides is 1. The lowest BCUT2D eigenvalue weighted by Crippen LogP contribution is -2.03. The van der Waals surface area contributed by atoms with Gasteiger partial charge in [0.15, 0.2) is 5.78 Å². The maximum atomic E-state index is 11.6. The Morgan fingerprint density at radius 2 is 2.25 bits per heavy atom. The number of ketones is 1. The van der Waals surface area contributed by atoms with Crippen molar-refractivity contribution in [3.63, 3.8) is 0 Å². The molecule has 0 amide bonds. The molecule has 0 unspecified atom stereocenters. The summed E-state index contributed by atoms with van der Waals surface area (Å²) in [7, 11) is 1.52. The van der Waals surface area contributed by atoms with Crippen LogP contribution in [0.1, 0.15) is 10.4 Å². The predicted molar refractivity (Wildman–Crippen MR) is 61.1 cm³/mol. The van der Waals surface area contributed by atoms with E-state index in [1.54, 1.807) is 24.4 Å². The predicted octanol–water partition coefficient (Wildman–Crippen LogP) is 2.06. The molecule has 2 aromatic heterocycles. The molecule has 0 spiro atoms. The molecule has 0 atom stereocenters. The topological polar surface area (TPSA) is 52.1 Å². The number of aromatic nitrogens is 2. The van der Waals surface area contributed by atoms with Crippen LogP contribution in [0.4, 0.5) is 0 Å². The molecule has 2 aromatic rings. The van der Waals surface area contributed by atoms with Gasteiger partial charge in [-0.2, -0.15) is 0 Å². The van der Waals surface area contributed by atoms with Crippen LogP contribution in [-0.2, 0) is 0 Å². The maximum absolute atomic E-state index is 11.6. The molecule has 0 saturated heterocycles. The Bertz CT molecular complexity index is 542. The summed E-state index contributed by atoms with van der Waals surface area (Å²) in [4.78, 5) is 19.9. The number of hydrogen-bond donors (Lipinski definition) is 0. The van der Waals surface area contributed by atoms with Crippen LogP contribution in [0.15, 0.2) is 24.4 Å². The number of carbonyl (C=O) groups excluding carboxylic acids is 1. The third-order valence-corrected chi connectivity index (χ3v) is 2.43. The van der Waals surface area contributed by atoms with E-state index >= 15 is 0 Å². The van der Waals surface area contributed by atoms with E-state index in [1.165, 1.54) is 7.11 Å². The van der Waals surface area contributed by atoms with Crippen LogP contribution < -0.4 is 4.74 Å². The molecule has 82 valence electrons. The van der Waals surface area contributed by atoms with Crippen molar-refractivity contribution in [3.8, 4) is 5.88 Å². The average molecular weight is 237 g/mol. The van der Waals surface area contributed by atoms with Gasteiger partial charge < -0.3 is 4.74 Å². The molecule has 2 heterocycles. The molecule has 16 heavy (non-hydrogen) atoms. The number of ether oxygens (including phenoxy) is 1. The Labute approximate surface area is 97.2 Å². The van der Waals surface area contributed by atoms with Crippen LogP contribution in [-0.4, -0.2) is 28.7 Å². The van der Waals surface area contributed by atoms with E-state index in [0.29, 0.717) is 22.5 Å². The lowest BCUT2D eigenvalue weighted by atomic mass is 10.1. The molecule has 0 N–H and O–H groups in total. The molecule has 4 nitrogen and oxygen atoms in total. The lowest BCUT2D eigenvalue weighted by molar-refractivity contribution is 0.102. The summed E-state index contributed by atoms with van der Waals surface area (Å²) in [5.41, 5.74) is 1.64. The Balaban J connectivity index is 2.68. The van der Waals surface area contributed by atoms with Crippen molar-refractivity contribution >= 4 is 28.4 Å². The first-order valence-corrected chi connectivity index (χ1v) is 5.18. The molecule has 0 aliphatic carbocycles. The Hall–Kier alpha value is -1.68. The molecule has 0 aromatic carbocycles. The van der Waals surface area contributed by atoms with Crippen molar-refractivity contribution < 1.29 is 9.53 Å². The van der Waals surface area contributed by atoms with E-state index in [2.05, 4.69) is 9.97 Å². The van der Waals surface area contributed by atoms with Crippen molar-refractivity contribution in [2.24, 2.45) is 0 Å². The highest BCUT2D eigenvalue weighted by atomic mass is 35.5. The number of fused-ring (bicyclic) bond motifs is 1. The van der Waals surface area contributed by atoms with E-state index in [0.717, 1.165) is 0 Å². The highest BCUT2D eigenvalue weighted by molar-refractivity contribution is 6.31. The minimum absolute atomic E-state index is 0.0714. The van der Waals surface area contributed by atoms with Crippen molar-refractivity contribution in [1.29, 1.82) is 0 Å². The summed E-state index contributed by atoms with van der Waals surface area (Å²) in [5, 5.41) is 0. The van der Waals surface area contributed by atoms with Crippen LogP contribution in [0.25, 0.3) is 11.0 Å². The van der Waals surface area contributed by atoms with Crippen molar-refractivity contribution in [1.82, 2.24) is 9.97 Å². The van der Waals surface area contributed by atoms with Gasteiger partial charge in [0.2, 0.25) is 5.88 Å². The second-order valence-electron chi connectivity index (χ2n) is 3.14. The summed E-state index contributed by atoms with van der Waals surface area (Å²) in [5.74, 6) is 0.205. The fourth-order valence-electron chi connectivity index (χ4n) is 1.42. The highest BCUT2D eigenvalue weighted by Gasteiger charge is 2.11. The van der Waals surface area contributed by atoms with E-state index in [1.807, 2.05) is 0 Å². The Morgan fingerprint density at radius 3 is 2.94 bits per heavy atom. The van der Waals surface area contributed by atoms with Crippen LogP contribution in [0, 0.1) is 0 Å². The summed E-state index contributed by atoms with van der Waals surface area (Å²) in [6, 6.07) is 5.07. The number of nitrogens with zero attached hydrogens (tertiary/aromatic N) is 2. The normalized spacial score (nSPS) is 10.4. The van der Waals surface area contributed by atoms with E-state index in [-0.39, 0.29) is 11.7 Å². The quantitative estimate of drug-likeness (QED) is 0.605. The average Bonchev–Trinajstić information content (AvgIpc) is 2.36. The number of methoxy groups -OCH3 is 1. The largest absolute Gasteiger partial charge is 0.481 e. The Kier molecular flexibility index (Phi) is 3.01. The van der Waals surface area contributed by atoms with Crippen molar-refractivity contribution in [2.45, 2.75) is 0 Å². The molecule has 2 rings (SSSR count). The van der Waals surface area contributed by atoms with Gasteiger partial charge in [0, 0.05) is 17.8 Å². The zero-order valence-electron chi connectivity index (χ0n) is 8.61. The van der Waals surface area contributed by atoms with Crippen LogP contribution in [0.2, 0.25) is 0 Å². The van der Waals surface area contributed by atoms with Crippen LogP contribution >= 0.6 is 11.6 Å². The number of rotatable bonds is 3. The lowest BCUT2D eigenvalue weighted by Gasteiger charge is -2.04. The summed E-state index contributed by atoms with van der Waals surface area (Å²) >= 11 is 5.53. The molecular formula is C11H9ClN2O2. The smallest absolute Gasteiger partial charge is 0.213 e. The van der Waals surface area contributed by atoms with Gasteiger partial charge in [0.1, 0.15) is 5.52 Å². The third-order valence-electron chi connectivity index (χ3n) is 2.19. The summed E-state index contributed by atoms with van der Waals surface area (Å²) < 4.78 is 5.01. The van der Waals surface area contributed by atoms with Gasteiger partial charge in [-0.1, -0.05) is 0 Å². The molecule has 0 saturated carbocycles. The van der Waals surface area contributed by atoms with E-state index in [9.17, 15) is 4.79 Å². The summed E-state index contributed by atoms with van der Waals surface area (Å²) in [6.07, 6.45) is 1.57. The standard InChI is InChI=1S/C11H9ClN2O2/c1-16-10-3-2-8-11(14-10)7(4-5-13-8)9(15)6-12/h2-5H,6H2,1H3. The van der Waals surface area contributed by atoms with E-state index in [4.69, 9.17) is 16.3 Å². The van der Waals surface area contributed by atoms with Crippen molar-refractivity contribution in [2.75, 3.05) is 13.0 Å². The monoisotopic (exact) mass is 236 g/mol. The number of pyridine rings is 2. The van der Waals surface area contributed by atoms with E-state index < -0.39 is 0 Å². The van der Waals surface area contributed by atoms with Crippen LogP contribution in [0.5, 0.6) is 5.88 Å². The van der Waals surface area contributed by atoms with Gasteiger partial charge in [-0.3, -0.25) is 9.78 Å². The fraction of sp³-hybridized carbons (Fsp3) is 0.182. The minimum atomic E-state index is -0.171.